The van der Waals surface area contributed by atoms with E-state index in [-0.39, 0.29) is 42.3 Å². The van der Waals surface area contributed by atoms with Crippen LogP contribution in [0.15, 0.2) is 30.6 Å². The second-order valence-electron chi connectivity index (χ2n) is 12.5. The summed E-state index contributed by atoms with van der Waals surface area (Å²) in [6, 6.07) is 7.94. The molecular formula is C35H53N9O8S3. The maximum atomic E-state index is 12.2. The molecule has 0 saturated carbocycles. The molecule has 2 fully saturated rings. The zero-order chi connectivity index (χ0) is 38.8. The number of nitrogens with zero attached hydrogens (tertiary/aromatic N) is 4. The summed E-state index contributed by atoms with van der Waals surface area (Å²) in [6.07, 6.45) is 5.27. The van der Waals surface area contributed by atoms with Crippen LogP contribution in [0.4, 0.5) is 4.79 Å². The van der Waals surface area contributed by atoms with Crippen molar-refractivity contribution in [2.45, 2.75) is 62.4 Å². The monoisotopic (exact) mass is 823 g/mol. The number of thioether (sulfide) groups is 1. The van der Waals surface area contributed by atoms with E-state index in [0.717, 1.165) is 41.9 Å². The lowest BCUT2D eigenvalue weighted by atomic mass is 10.0. The first-order valence-electron chi connectivity index (χ1n) is 18.6. The molecule has 5 amide bonds. The maximum Gasteiger partial charge on any atom is 0.315 e. The number of unbranched alkanes of at least 4 members (excludes halogenated alkanes) is 1. The number of hydrogen-bond acceptors (Lipinski definition) is 15. The normalized spacial score (nSPS) is 17.3. The molecular weight excluding hydrogens is 771 g/mol. The largest absolute Gasteiger partial charge is 0.379 e. The van der Waals surface area contributed by atoms with Gasteiger partial charge in [0.05, 0.1) is 64.9 Å². The quantitative estimate of drug-likeness (QED) is 0.0431. The Labute approximate surface area is 334 Å². The van der Waals surface area contributed by atoms with Crippen molar-refractivity contribution in [3.05, 3.63) is 36.2 Å². The fourth-order valence-corrected chi connectivity index (χ4v) is 8.95. The Morgan fingerprint density at radius 1 is 0.727 bits per heavy atom. The number of carbonyl (C=O) groups is 4. The number of ether oxygens (including phenoxy) is 4. The summed E-state index contributed by atoms with van der Waals surface area (Å²) in [4.78, 5) is 47.7. The first-order chi connectivity index (χ1) is 27.0. The van der Waals surface area contributed by atoms with Crippen LogP contribution in [0.3, 0.4) is 0 Å². The number of urea groups is 1. The molecule has 55 heavy (non-hydrogen) atoms. The van der Waals surface area contributed by atoms with Crippen molar-refractivity contribution in [3.63, 3.8) is 0 Å². The van der Waals surface area contributed by atoms with Crippen LogP contribution < -0.4 is 26.6 Å². The molecule has 20 heteroatoms. The summed E-state index contributed by atoms with van der Waals surface area (Å²) >= 11 is 1.89. The van der Waals surface area contributed by atoms with E-state index >= 15 is 0 Å². The van der Waals surface area contributed by atoms with Crippen molar-refractivity contribution < 1.29 is 38.1 Å². The van der Waals surface area contributed by atoms with Gasteiger partial charge in [-0.1, -0.05) is 52.3 Å². The highest BCUT2D eigenvalue weighted by Gasteiger charge is 2.42. The number of benzene rings is 1. The molecule has 17 nitrogen and oxygen atoms in total. The summed E-state index contributed by atoms with van der Waals surface area (Å²) in [7, 11) is 3.22. The number of rotatable bonds is 30. The second kappa shape index (κ2) is 27.3. The predicted molar refractivity (Wildman–Crippen MR) is 212 cm³/mol. The van der Waals surface area contributed by atoms with Gasteiger partial charge in [0, 0.05) is 67.0 Å². The molecule has 0 aliphatic carbocycles. The second-order valence-corrected chi connectivity index (χ2v) is 16.5. The highest BCUT2D eigenvalue weighted by molar-refractivity contribution is 8.76. The fourth-order valence-electron chi connectivity index (χ4n) is 5.50. The third-order valence-electron chi connectivity index (χ3n) is 8.35. The molecule has 5 N–H and O–H groups in total. The number of fused-ring (bicyclic) bond motifs is 1. The highest BCUT2D eigenvalue weighted by atomic mass is 33.1. The molecule has 0 spiro atoms. The molecule has 0 radical (unpaired) electrons. The number of aromatic nitrogens is 4. The van der Waals surface area contributed by atoms with Crippen molar-refractivity contribution >= 4 is 57.1 Å². The summed E-state index contributed by atoms with van der Waals surface area (Å²) in [5.41, 5.74) is 1.78. The Morgan fingerprint density at radius 2 is 1.36 bits per heavy atom. The number of amides is 5. The van der Waals surface area contributed by atoms with E-state index in [9.17, 15) is 19.2 Å². The van der Waals surface area contributed by atoms with E-state index in [4.69, 9.17) is 18.9 Å². The van der Waals surface area contributed by atoms with Gasteiger partial charge < -0.3 is 45.5 Å². The topological polar surface area (TPSA) is 217 Å². The number of carbonyl (C=O) groups excluding carboxylic acids is 4. The number of nitrogens with one attached hydrogen (secondary N) is 5. The van der Waals surface area contributed by atoms with Gasteiger partial charge in [-0.25, -0.2) is 4.79 Å². The molecule has 304 valence electrons. The summed E-state index contributed by atoms with van der Waals surface area (Å²) in [6.45, 7) is 4.76. The van der Waals surface area contributed by atoms with Crippen LogP contribution in [-0.2, 0) is 39.9 Å². The predicted octanol–water partition coefficient (Wildman–Crippen LogP) is 1.74. The van der Waals surface area contributed by atoms with E-state index in [2.05, 4.69) is 47.0 Å². The van der Waals surface area contributed by atoms with Gasteiger partial charge in [-0.2, -0.15) is 11.8 Å². The fraction of sp³-hybridized carbons (Fsp3) is 0.657. The molecule has 3 heterocycles. The number of hydrogen-bond donors (Lipinski definition) is 5. The first-order valence-corrected chi connectivity index (χ1v) is 22.2. The van der Waals surface area contributed by atoms with Crippen molar-refractivity contribution in [1.82, 2.24) is 47.0 Å². The molecule has 2 aromatic rings. The summed E-state index contributed by atoms with van der Waals surface area (Å²) < 4.78 is 22.0. The zero-order valence-corrected chi connectivity index (χ0v) is 33.5. The summed E-state index contributed by atoms with van der Waals surface area (Å²) in [5.74, 6) is 2.77. The molecule has 4 rings (SSSR count). The Balaban J connectivity index is 0.815. The SMILES string of the molecule is O=C(CCCC[C@@H]1SC[C@@H]2NC(=O)N[C@@H]21)NCCOCCOCCOCCOCCC(=O)NCCSSCCC(=O)NCc1ccc(-c2nncnn2)cc1. The van der Waals surface area contributed by atoms with Gasteiger partial charge in [-0.3, -0.25) is 14.4 Å². The van der Waals surface area contributed by atoms with E-state index in [0.29, 0.717) is 102 Å². The van der Waals surface area contributed by atoms with Crippen LogP contribution in [0.1, 0.15) is 44.1 Å². The molecule has 1 aromatic carbocycles. The molecule has 1 aromatic heterocycles. The van der Waals surface area contributed by atoms with Crippen molar-refractivity contribution in [2.75, 3.05) is 83.2 Å². The minimum Gasteiger partial charge on any atom is -0.379 e. The smallest absolute Gasteiger partial charge is 0.315 e. The zero-order valence-electron chi connectivity index (χ0n) is 31.0. The van der Waals surface area contributed by atoms with Crippen LogP contribution in [0.2, 0.25) is 0 Å². The van der Waals surface area contributed by atoms with E-state index < -0.39 is 0 Å². The average Bonchev–Trinajstić information content (AvgIpc) is 3.76. The lowest BCUT2D eigenvalue weighted by Crippen LogP contribution is -2.36. The Bertz CT molecular complexity index is 1420. The third kappa shape index (κ3) is 19.0. The highest BCUT2D eigenvalue weighted by Crippen LogP contribution is 2.33. The van der Waals surface area contributed by atoms with Crippen molar-refractivity contribution in [1.29, 1.82) is 0 Å². The van der Waals surface area contributed by atoms with E-state index in [1.165, 1.54) is 6.33 Å². The van der Waals surface area contributed by atoms with Gasteiger partial charge in [0.25, 0.3) is 0 Å². The standard InChI is InChI=1S/C35H53N9O8S3/c45-30(4-2-1-3-29-33-28(24-53-29)41-35(48)42-33)36-11-14-50-16-18-52-20-19-51-17-15-49-13-9-31(46)37-12-22-55-54-21-10-32(47)38-23-26-5-7-27(8-6-26)34-43-39-25-40-44-34/h5-8,25,28-29,33H,1-4,9-24H2,(H,36,45)(H,37,46)(H,38,47)(H2,41,42,48)/t28-,29-,33-/m0/s1. The third-order valence-corrected chi connectivity index (χ3v) is 12.3. The molecule has 3 atom stereocenters. The lowest BCUT2D eigenvalue weighted by Gasteiger charge is -2.16. The Morgan fingerprint density at radius 3 is 2.11 bits per heavy atom. The van der Waals surface area contributed by atoms with Gasteiger partial charge >= 0.3 is 6.03 Å². The van der Waals surface area contributed by atoms with Crippen LogP contribution >= 0.6 is 33.3 Å². The van der Waals surface area contributed by atoms with Gasteiger partial charge in [-0.05, 0) is 18.4 Å². The minimum absolute atomic E-state index is 0.0159. The van der Waals surface area contributed by atoms with Crippen LogP contribution in [0.25, 0.3) is 11.4 Å². The van der Waals surface area contributed by atoms with Crippen LogP contribution in [-0.4, -0.2) is 145 Å². The molecule has 2 saturated heterocycles. The van der Waals surface area contributed by atoms with Gasteiger partial charge in [-0.15, -0.1) is 20.4 Å². The average molecular weight is 824 g/mol. The minimum atomic E-state index is -0.0675. The van der Waals surface area contributed by atoms with Crippen LogP contribution in [0, 0.1) is 0 Å². The van der Waals surface area contributed by atoms with Gasteiger partial charge in [0.1, 0.15) is 0 Å². The molecule has 0 unspecified atom stereocenters. The van der Waals surface area contributed by atoms with E-state index in [1.54, 1.807) is 21.6 Å². The Kier molecular flexibility index (Phi) is 22.1. The Hall–Kier alpha value is -3.27. The first kappa shape index (κ1) is 44.4. The van der Waals surface area contributed by atoms with Crippen molar-refractivity contribution in [3.8, 4) is 11.4 Å². The maximum absolute atomic E-state index is 12.2. The lowest BCUT2D eigenvalue weighted by molar-refractivity contribution is -0.122. The van der Waals surface area contributed by atoms with Crippen molar-refractivity contribution in [2.24, 2.45) is 0 Å². The molecule has 2 aliphatic rings. The van der Waals surface area contributed by atoms with Crippen LogP contribution in [0.5, 0.6) is 0 Å². The van der Waals surface area contributed by atoms with Gasteiger partial charge in [0.15, 0.2) is 6.33 Å². The van der Waals surface area contributed by atoms with Gasteiger partial charge in [0.2, 0.25) is 23.5 Å². The molecule has 0 bridgehead atoms. The molecule has 2 aliphatic heterocycles. The van der Waals surface area contributed by atoms with E-state index in [1.807, 2.05) is 36.0 Å². The summed E-state index contributed by atoms with van der Waals surface area (Å²) in [5, 5.41) is 30.4.